The van der Waals surface area contributed by atoms with Gasteiger partial charge in [-0.25, -0.2) is 5.43 Å². The van der Waals surface area contributed by atoms with Crippen LogP contribution in [0.4, 0.5) is 5.69 Å². The third-order valence-electron chi connectivity index (χ3n) is 4.43. The Morgan fingerprint density at radius 3 is 2.23 bits per heavy atom. The zero-order chi connectivity index (χ0) is 22.2. The second-order valence-corrected chi connectivity index (χ2v) is 6.56. The van der Waals surface area contributed by atoms with Crippen molar-refractivity contribution in [2.45, 2.75) is 13.5 Å². The first-order valence-electron chi connectivity index (χ1n) is 9.27. The first-order valence-corrected chi connectivity index (χ1v) is 9.27. The number of ether oxygens (including phenoxy) is 1. The fourth-order valence-electron chi connectivity index (χ4n) is 2.63. The van der Waals surface area contributed by atoms with Crippen LogP contribution in [0.3, 0.4) is 0 Å². The maximum Gasteiger partial charge on any atom is 0.271 e. The number of hydrazone groups is 1. The molecule has 0 saturated heterocycles. The number of benzene rings is 3. The van der Waals surface area contributed by atoms with E-state index in [1.807, 2.05) is 0 Å². The Balaban J connectivity index is 1.55. The molecule has 0 spiro atoms. The van der Waals surface area contributed by atoms with E-state index >= 15 is 0 Å². The number of nitrogens with zero attached hydrogens (tertiary/aromatic N) is 3. The number of nitro groups is 1. The molecule has 1 amide bonds. The van der Waals surface area contributed by atoms with E-state index in [2.05, 4.69) is 16.6 Å². The highest BCUT2D eigenvalue weighted by molar-refractivity contribution is 6.00. The molecule has 0 radical (unpaired) electrons. The van der Waals surface area contributed by atoms with E-state index < -0.39 is 4.92 Å². The maximum absolute atomic E-state index is 12.3. The summed E-state index contributed by atoms with van der Waals surface area (Å²) in [4.78, 5) is 22.5. The molecule has 1 N–H and O–H groups in total. The highest BCUT2D eigenvalue weighted by atomic mass is 16.6. The van der Waals surface area contributed by atoms with Crippen LogP contribution in [0.25, 0.3) is 0 Å². The molecule has 0 bridgehead atoms. The van der Waals surface area contributed by atoms with E-state index in [4.69, 9.17) is 10.00 Å². The van der Waals surface area contributed by atoms with Gasteiger partial charge in [0.25, 0.3) is 11.6 Å². The largest absolute Gasteiger partial charge is 0.489 e. The van der Waals surface area contributed by atoms with Crippen molar-refractivity contribution < 1.29 is 14.5 Å². The van der Waals surface area contributed by atoms with Crippen molar-refractivity contribution in [3.05, 3.63) is 105 Å². The quantitative estimate of drug-likeness (QED) is 0.353. The molecule has 0 atom stereocenters. The molecule has 154 valence electrons. The van der Waals surface area contributed by atoms with E-state index in [1.165, 1.54) is 24.3 Å². The first kappa shape index (κ1) is 21.2. The van der Waals surface area contributed by atoms with Crippen LogP contribution in [0.1, 0.15) is 34.0 Å². The monoisotopic (exact) mass is 414 g/mol. The fourth-order valence-corrected chi connectivity index (χ4v) is 2.63. The molecular formula is C23H18N4O4. The normalized spacial score (nSPS) is 10.8. The zero-order valence-electron chi connectivity index (χ0n) is 16.6. The number of nitro benzene ring substituents is 1. The SMILES string of the molecule is C/C(=N\NC(=O)c1ccc(COc2ccc([N+](=O)[O-])cc2)cc1)c1ccc(C#N)cc1. The van der Waals surface area contributed by atoms with Crippen LogP contribution in [-0.4, -0.2) is 16.5 Å². The van der Waals surface area contributed by atoms with Gasteiger partial charge >= 0.3 is 0 Å². The number of rotatable bonds is 7. The molecule has 3 aromatic carbocycles. The molecule has 31 heavy (non-hydrogen) atoms. The number of hydrogen-bond acceptors (Lipinski definition) is 6. The molecule has 0 unspecified atom stereocenters. The van der Waals surface area contributed by atoms with Gasteiger partial charge in [0.2, 0.25) is 0 Å². The maximum atomic E-state index is 12.3. The molecular weight excluding hydrogens is 396 g/mol. The predicted molar refractivity (Wildman–Crippen MR) is 115 cm³/mol. The third kappa shape index (κ3) is 5.74. The molecule has 0 saturated carbocycles. The van der Waals surface area contributed by atoms with E-state index in [1.54, 1.807) is 55.5 Å². The van der Waals surface area contributed by atoms with Crippen molar-refractivity contribution in [2.75, 3.05) is 0 Å². The van der Waals surface area contributed by atoms with Crippen molar-refractivity contribution in [1.29, 1.82) is 5.26 Å². The Labute approximate surface area is 178 Å². The molecule has 0 aliphatic carbocycles. The summed E-state index contributed by atoms with van der Waals surface area (Å²) in [5.74, 6) is 0.163. The van der Waals surface area contributed by atoms with Crippen LogP contribution < -0.4 is 10.2 Å². The standard InChI is InChI=1S/C23H18N4O4/c1-16(19-6-2-17(14-24)3-7-19)25-26-23(28)20-8-4-18(5-9-20)15-31-22-12-10-21(11-13-22)27(29)30/h2-13H,15H2,1H3,(H,26,28)/b25-16+. The zero-order valence-corrected chi connectivity index (χ0v) is 16.6. The van der Waals surface area contributed by atoms with Crippen molar-refractivity contribution >= 4 is 17.3 Å². The number of nitrogens with one attached hydrogen (secondary N) is 1. The molecule has 0 heterocycles. The van der Waals surface area contributed by atoms with Crippen LogP contribution >= 0.6 is 0 Å². The molecule has 0 aromatic heterocycles. The van der Waals surface area contributed by atoms with Crippen molar-refractivity contribution in [3.63, 3.8) is 0 Å². The second kappa shape index (κ2) is 9.80. The summed E-state index contributed by atoms with van der Waals surface area (Å²) in [7, 11) is 0. The summed E-state index contributed by atoms with van der Waals surface area (Å²) in [6.45, 7) is 2.02. The number of non-ortho nitro benzene ring substituents is 1. The fraction of sp³-hybridized carbons (Fsp3) is 0.0870. The summed E-state index contributed by atoms with van der Waals surface area (Å²) in [5, 5.41) is 23.6. The van der Waals surface area contributed by atoms with Crippen LogP contribution in [-0.2, 0) is 6.61 Å². The van der Waals surface area contributed by atoms with Gasteiger partial charge < -0.3 is 4.74 Å². The average Bonchev–Trinajstić information content (AvgIpc) is 2.81. The Kier molecular flexibility index (Phi) is 6.71. The highest BCUT2D eigenvalue weighted by Crippen LogP contribution is 2.18. The summed E-state index contributed by atoms with van der Waals surface area (Å²) in [6.07, 6.45) is 0. The molecule has 0 fully saturated rings. The van der Waals surface area contributed by atoms with E-state index in [0.717, 1.165) is 11.1 Å². The lowest BCUT2D eigenvalue weighted by Gasteiger charge is -2.07. The van der Waals surface area contributed by atoms with Crippen LogP contribution in [0.2, 0.25) is 0 Å². The predicted octanol–water partition coefficient (Wildman–Crippen LogP) is 4.20. The summed E-state index contributed by atoms with van der Waals surface area (Å²) in [5.41, 5.74) is 5.77. The Morgan fingerprint density at radius 1 is 1.03 bits per heavy atom. The summed E-state index contributed by atoms with van der Waals surface area (Å²) >= 11 is 0. The van der Waals surface area contributed by atoms with E-state index in [-0.39, 0.29) is 18.2 Å². The number of hydrogen-bond donors (Lipinski definition) is 1. The number of carbonyl (C=O) groups excluding carboxylic acids is 1. The smallest absolute Gasteiger partial charge is 0.271 e. The van der Waals surface area contributed by atoms with E-state index in [9.17, 15) is 14.9 Å². The van der Waals surface area contributed by atoms with Gasteiger partial charge in [0.05, 0.1) is 22.3 Å². The Morgan fingerprint density at radius 2 is 1.65 bits per heavy atom. The van der Waals surface area contributed by atoms with Gasteiger partial charge in [-0.3, -0.25) is 14.9 Å². The number of amides is 1. The van der Waals surface area contributed by atoms with E-state index in [0.29, 0.717) is 22.6 Å². The lowest BCUT2D eigenvalue weighted by molar-refractivity contribution is -0.384. The minimum absolute atomic E-state index is 0.000191. The molecule has 8 heteroatoms. The van der Waals surface area contributed by atoms with Gasteiger partial charge in [0.15, 0.2) is 0 Å². The Hall–Kier alpha value is -4.51. The van der Waals surface area contributed by atoms with Gasteiger partial charge in [-0.15, -0.1) is 0 Å². The van der Waals surface area contributed by atoms with Gasteiger partial charge in [0.1, 0.15) is 12.4 Å². The second-order valence-electron chi connectivity index (χ2n) is 6.56. The van der Waals surface area contributed by atoms with Crippen molar-refractivity contribution in [3.8, 4) is 11.8 Å². The van der Waals surface area contributed by atoms with Crippen LogP contribution in [0.15, 0.2) is 77.9 Å². The first-order chi connectivity index (χ1) is 15.0. The van der Waals surface area contributed by atoms with Crippen molar-refractivity contribution in [1.82, 2.24) is 5.43 Å². The third-order valence-corrected chi connectivity index (χ3v) is 4.43. The lowest BCUT2D eigenvalue weighted by Crippen LogP contribution is -2.19. The Bertz CT molecular complexity index is 1150. The summed E-state index contributed by atoms with van der Waals surface area (Å²) < 4.78 is 5.61. The minimum Gasteiger partial charge on any atom is -0.489 e. The molecule has 3 aromatic rings. The van der Waals surface area contributed by atoms with Gasteiger partial charge in [-0.1, -0.05) is 24.3 Å². The molecule has 0 aliphatic rings. The average molecular weight is 414 g/mol. The molecule has 0 aliphatic heterocycles. The van der Waals surface area contributed by atoms with Gasteiger partial charge in [-0.05, 0) is 54.4 Å². The van der Waals surface area contributed by atoms with Crippen LogP contribution in [0, 0.1) is 21.4 Å². The summed E-state index contributed by atoms with van der Waals surface area (Å²) in [6, 6.07) is 21.6. The lowest BCUT2D eigenvalue weighted by atomic mass is 10.1. The minimum atomic E-state index is -0.469. The van der Waals surface area contributed by atoms with Gasteiger partial charge in [0, 0.05) is 17.7 Å². The number of nitriles is 1. The number of carbonyl (C=O) groups is 1. The topological polar surface area (TPSA) is 118 Å². The van der Waals surface area contributed by atoms with Crippen molar-refractivity contribution in [2.24, 2.45) is 5.10 Å². The molecule has 8 nitrogen and oxygen atoms in total. The van der Waals surface area contributed by atoms with Gasteiger partial charge in [-0.2, -0.15) is 10.4 Å². The van der Waals surface area contributed by atoms with Crippen LogP contribution in [0.5, 0.6) is 5.75 Å². The molecule has 3 rings (SSSR count). The highest BCUT2D eigenvalue weighted by Gasteiger charge is 2.07.